The van der Waals surface area contributed by atoms with Gasteiger partial charge in [-0.1, -0.05) is 12.8 Å². The Kier molecular flexibility index (Phi) is 11.3. The van der Waals surface area contributed by atoms with E-state index in [9.17, 15) is 20.1 Å². The lowest BCUT2D eigenvalue weighted by Crippen LogP contribution is -2.65. The first-order valence-electron chi connectivity index (χ1n) is 11.1. The van der Waals surface area contributed by atoms with Gasteiger partial charge in [0.1, 0.15) is 29.9 Å². The average Bonchev–Trinajstić information content (AvgIpc) is 2.99. The molecule has 0 aromatic rings. The van der Waals surface area contributed by atoms with Crippen LogP contribution in [0.5, 0.6) is 0 Å². The third-order valence-corrected chi connectivity index (χ3v) is 7.40. The van der Waals surface area contributed by atoms with Gasteiger partial charge in [-0.3, -0.25) is 4.79 Å². The number of unbranched alkanes of at least 4 members (excludes halogenated alkanes) is 2. The molecule has 0 aliphatic carbocycles. The van der Waals surface area contributed by atoms with Crippen LogP contribution in [0.15, 0.2) is 0 Å². The highest BCUT2D eigenvalue weighted by molar-refractivity contribution is 7.99. The SMILES string of the molecule is CS[C@H]1O[C@H]([C@H](NC(=O)C2CC[C@H](CCCCC#N)CCN2)[C@H](C)Cl)[C@H](O)[C@H](O)[C@H]1O. The number of carbonyl (C=O) groups is 1. The number of nitrogens with one attached hydrogen (secondary N) is 2. The van der Waals surface area contributed by atoms with Gasteiger partial charge in [-0.25, -0.2) is 0 Å². The van der Waals surface area contributed by atoms with E-state index in [1.807, 2.05) is 0 Å². The number of hydrogen-bond donors (Lipinski definition) is 5. The average molecular weight is 478 g/mol. The highest BCUT2D eigenvalue weighted by Gasteiger charge is 2.48. The molecular weight excluding hydrogens is 442 g/mol. The number of aliphatic hydroxyl groups excluding tert-OH is 3. The summed E-state index contributed by atoms with van der Waals surface area (Å²) < 4.78 is 5.81. The molecule has 2 fully saturated rings. The fraction of sp³-hybridized carbons (Fsp3) is 0.905. The minimum Gasteiger partial charge on any atom is -0.388 e. The molecule has 178 valence electrons. The smallest absolute Gasteiger partial charge is 0.237 e. The fourth-order valence-electron chi connectivity index (χ4n) is 4.35. The summed E-state index contributed by atoms with van der Waals surface area (Å²) in [6.45, 7) is 2.44. The maximum absolute atomic E-state index is 13.0. The molecule has 2 heterocycles. The van der Waals surface area contributed by atoms with Crippen LogP contribution < -0.4 is 10.6 Å². The Morgan fingerprint density at radius 2 is 2.00 bits per heavy atom. The van der Waals surface area contributed by atoms with Crippen LogP contribution in [-0.2, 0) is 9.53 Å². The van der Waals surface area contributed by atoms with E-state index in [4.69, 9.17) is 21.6 Å². The van der Waals surface area contributed by atoms with Crippen molar-refractivity contribution in [3.05, 3.63) is 0 Å². The number of carbonyl (C=O) groups excluding carboxylic acids is 1. The van der Waals surface area contributed by atoms with Crippen molar-refractivity contribution < 1.29 is 24.9 Å². The van der Waals surface area contributed by atoms with Crippen molar-refractivity contribution >= 4 is 29.3 Å². The standard InChI is InChI=1S/C21H36ClN3O5S/c1-12(22)15(19-17(27)16(26)18(28)21(30-19)31-2)25-20(29)14-8-7-13(9-11-24-14)6-4-3-5-10-23/h12-19,21,24,26-28H,3-9,11H2,1-2H3,(H,25,29)/t12-,13-,14?,15+,16-,17+,18+,19+,21+/m0/s1. The van der Waals surface area contributed by atoms with Gasteiger partial charge >= 0.3 is 0 Å². The van der Waals surface area contributed by atoms with Crippen LogP contribution in [0.2, 0.25) is 0 Å². The first-order chi connectivity index (χ1) is 14.8. The van der Waals surface area contributed by atoms with Crippen LogP contribution in [0.25, 0.3) is 0 Å². The Hall–Kier alpha value is -0.600. The summed E-state index contributed by atoms with van der Waals surface area (Å²) in [5.41, 5.74) is -0.726. The van der Waals surface area contributed by atoms with Gasteiger partial charge in [0.2, 0.25) is 5.91 Å². The summed E-state index contributed by atoms with van der Waals surface area (Å²) in [5.74, 6) is 0.328. The van der Waals surface area contributed by atoms with Gasteiger partial charge < -0.3 is 30.7 Å². The maximum atomic E-state index is 13.0. The van der Waals surface area contributed by atoms with E-state index >= 15 is 0 Å². The van der Waals surface area contributed by atoms with Crippen molar-refractivity contribution in [3.63, 3.8) is 0 Å². The van der Waals surface area contributed by atoms with Crippen LogP contribution in [-0.4, -0.2) is 81.3 Å². The number of halogens is 1. The first-order valence-corrected chi connectivity index (χ1v) is 12.8. The molecule has 5 N–H and O–H groups in total. The summed E-state index contributed by atoms with van der Waals surface area (Å²) in [6.07, 6.45) is 3.04. The minimum absolute atomic E-state index is 0.209. The lowest BCUT2D eigenvalue weighted by atomic mass is 9.92. The predicted octanol–water partition coefficient (Wildman–Crippen LogP) is 1.11. The molecule has 31 heavy (non-hydrogen) atoms. The van der Waals surface area contributed by atoms with Gasteiger partial charge in [0.15, 0.2) is 0 Å². The zero-order chi connectivity index (χ0) is 23.0. The summed E-state index contributed by atoms with van der Waals surface area (Å²) in [5, 5.41) is 45.1. The van der Waals surface area contributed by atoms with Gasteiger partial charge in [-0.15, -0.1) is 23.4 Å². The number of nitrogens with zero attached hydrogens (tertiary/aromatic N) is 1. The molecule has 0 aromatic carbocycles. The van der Waals surface area contributed by atoms with Crippen molar-refractivity contribution in [3.8, 4) is 6.07 Å². The van der Waals surface area contributed by atoms with Crippen LogP contribution in [0.1, 0.15) is 51.9 Å². The lowest BCUT2D eigenvalue weighted by molar-refractivity contribution is -0.205. The van der Waals surface area contributed by atoms with Crippen molar-refractivity contribution in [2.45, 2.75) is 99.2 Å². The first kappa shape index (κ1) is 26.7. The lowest BCUT2D eigenvalue weighted by Gasteiger charge is -2.44. The molecule has 0 saturated carbocycles. The normalized spacial score (nSPS) is 36.1. The number of amides is 1. The zero-order valence-corrected chi connectivity index (χ0v) is 19.8. The molecule has 0 bridgehead atoms. The van der Waals surface area contributed by atoms with E-state index in [0.717, 1.165) is 38.6 Å². The second-order valence-electron chi connectivity index (χ2n) is 8.53. The van der Waals surface area contributed by atoms with E-state index < -0.39 is 41.3 Å². The Labute approximate surface area is 194 Å². The van der Waals surface area contributed by atoms with Crippen LogP contribution in [0, 0.1) is 17.2 Å². The van der Waals surface area contributed by atoms with Gasteiger partial charge in [-0.05, 0) is 51.3 Å². The molecule has 2 saturated heterocycles. The molecule has 1 amide bonds. The number of alkyl halides is 1. The Balaban J connectivity index is 1.95. The van der Waals surface area contributed by atoms with E-state index in [0.29, 0.717) is 18.8 Å². The Bertz CT molecular complexity index is 606. The molecule has 9 atom stereocenters. The van der Waals surface area contributed by atoms with E-state index in [1.165, 1.54) is 11.8 Å². The van der Waals surface area contributed by atoms with Gasteiger partial charge in [0, 0.05) is 6.42 Å². The van der Waals surface area contributed by atoms with Crippen molar-refractivity contribution in [2.75, 3.05) is 12.8 Å². The molecule has 1 unspecified atom stereocenters. The van der Waals surface area contributed by atoms with Crippen molar-refractivity contribution in [1.29, 1.82) is 5.26 Å². The number of rotatable bonds is 9. The third-order valence-electron chi connectivity index (χ3n) is 6.27. The largest absolute Gasteiger partial charge is 0.388 e. The van der Waals surface area contributed by atoms with Gasteiger partial charge in [0.25, 0.3) is 0 Å². The monoisotopic (exact) mass is 477 g/mol. The van der Waals surface area contributed by atoms with Crippen molar-refractivity contribution in [1.82, 2.24) is 10.6 Å². The molecular formula is C21H36ClN3O5S. The second-order valence-corrected chi connectivity index (χ2v) is 10.2. The molecule has 2 aliphatic heterocycles. The summed E-state index contributed by atoms with van der Waals surface area (Å²) in [4.78, 5) is 13.0. The Morgan fingerprint density at radius 3 is 2.65 bits per heavy atom. The highest BCUT2D eigenvalue weighted by Crippen LogP contribution is 2.30. The van der Waals surface area contributed by atoms with Crippen LogP contribution in [0.3, 0.4) is 0 Å². The van der Waals surface area contributed by atoms with E-state index in [2.05, 4.69) is 16.7 Å². The minimum atomic E-state index is -1.39. The number of hydrogen-bond acceptors (Lipinski definition) is 8. The topological polar surface area (TPSA) is 135 Å². The number of aliphatic hydroxyl groups is 3. The summed E-state index contributed by atoms with van der Waals surface area (Å²) >= 11 is 7.56. The third kappa shape index (κ3) is 7.46. The zero-order valence-electron chi connectivity index (χ0n) is 18.2. The van der Waals surface area contributed by atoms with Crippen LogP contribution in [0.4, 0.5) is 0 Å². The highest BCUT2D eigenvalue weighted by atomic mass is 35.5. The van der Waals surface area contributed by atoms with Gasteiger partial charge in [-0.2, -0.15) is 5.26 Å². The number of nitriles is 1. The molecule has 10 heteroatoms. The molecule has 2 rings (SSSR count). The maximum Gasteiger partial charge on any atom is 0.237 e. The fourth-order valence-corrected chi connectivity index (χ4v) is 5.23. The Morgan fingerprint density at radius 1 is 1.26 bits per heavy atom. The quantitative estimate of drug-likeness (QED) is 0.246. The van der Waals surface area contributed by atoms with Crippen LogP contribution >= 0.6 is 23.4 Å². The molecule has 0 aromatic heterocycles. The second kappa shape index (κ2) is 13.2. The number of ether oxygens (including phenoxy) is 1. The molecule has 2 aliphatic rings. The van der Waals surface area contributed by atoms with E-state index in [1.54, 1.807) is 13.2 Å². The molecule has 0 radical (unpaired) electrons. The number of thioether (sulfide) groups is 1. The predicted molar refractivity (Wildman–Crippen MR) is 121 cm³/mol. The summed E-state index contributed by atoms with van der Waals surface area (Å²) in [6, 6.07) is 1.08. The van der Waals surface area contributed by atoms with Crippen molar-refractivity contribution in [2.24, 2.45) is 5.92 Å². The molecule has 0 spiro atoms. The van der Waals surface area contributed by atoms with Gasteiger partial charge in [0.05, 0.1) is 23.5 Å². The summed E-state index contributed by atoms with van der Waals surface area (Å²) in [7, 11) is 0. The van der Waals surface area contributed by atoms with E-state index in [-0.39, 0.29) is 11.9 Å². The molecule has 8 nitrogen and oxygen atoms in total.